The van der Waals surface area contributed by atoms with Crippen molar-refractivity contribution in [2.24, 2.45) is 0 Å². The highest BCUT2D eigenvalue weighted by Crippen LogP contribution is 2.38. The summed E-state index contributed by atoms with van der Waals surface area (Å²) in [6.07, 6.45) is 6.19. The van der Waals surface area contributed by atoms with Crippen LogP contribution in [0.1, 0.15) is 51.3 Å². The Morgan fingerprint density at radius 2 is 1.24 bits per heavy atom. The molecule has 0 aliphatic carbocycles. The van der Waals surface area contributed by atoms with Crippen LogP contribution in [0.15, 0.2) is 152 Å². The molecule has 8 rings (SSSR count). The van der Waals surface area contributed by atoms with Crippen LogP contribution in [0.5, 0.6) is 11.5 Å². The maximum atomic E-state index is 6.57. The minimum Gasteiger partial charge on any atom is -0.457 e. The summed E-state index contributed by atoms with van der Waals surface area (Å²) in [5.74, 6) is 2.45. The van der Waals surface area contributed by atoms with E-state index in [4.69, 9.17) is 9.72 Å². The summed E-state index contributed by atoms with van der Waals surface area (Å²) in [6, 6.07) is 47.1. The summed E-state index contributed by atoms with van der Waals surface area (Å²) in [7, 11) is 0. The maximum absolute atomic E-state index is 6.57. The summed E-state index contributed by atoms with van der Waals surface area (Å²) >= 11 is 0. The van der Waals surface area contributed by atoms with Crippen LogP contribution in [-0.2, 0) is 10.8 Å². The Kier molecular flexibility index (Phi) is 7.71. The highest BCUT2D eigenvalue weighted by Gasteiger charge is 2.25. The first-order chi connectivity index (χ1) is 24.1. The molecule has 50 heavy (non-hydrogen) atoms. The van der Waals surface area contributed by atoms with Crippen molar-refractivity contribution < 1.29 is 4.74 Å². The number of hydrogen-bond donors (Lipinski definition) is 0. The molecule has 0 saturated carbocycles. The number of rotatable bonds is 7. The molecule has 3 heterocycles. The van der Waals surface area contributed by atoms with Crippen LogP contribution in [0.4, 0.5) is 11.4 Å². The van der Waals surface area contributed by atoms with Crippen LogP contribution < -0.4 is 14.5 Å². The number of aromatic nitrogens is 2. The smallest absolute Gasteiger partial charge is 0.137 e. The molecule has 5 nitrogen and oxygen atoms in total. The van der Waals surface area contributed by atoms with Gasteiger partial charge in [-0.2, -0.15) is 0 Å². The number of fused-ring (bicyclic) bond motifs is 3. The fraction of sp³-hybridized carbons (Fsp3) is 0.178. The van der Waals surface area contributed by atoms with Gasteiger partial charge < -0.3 is 14.5 Å². The van der Waals surface area contributed by atoms with Gasteiger partial charge in [0, 0.05) is 58.3 Å². The third-order valence-corrected chi connectivity index (χ3v) is 10.0. The second-order valence-corrected chi connectivity index (χ2v) is 14.7. The van der Waals surface area contributed by atoms with Crippen molar-refractivity contribution in [2.45, 2.75) is 45.4 Å². The number of ether oxygens (including phenoxy) is 1. The SMILES string of the molecule is CC(C)(C)c1ccc(N2C=CN(c3cccc(Oc4ccc5c6ccccc6n(-c6cc(C(C)(C)c7ccccc7)ccn6)c5c4)c3)C2)cc1. The second kappa shape index (κ2) is 12.3. The lowest BCUT2D eigenvalue weighted by Crippen LogP contribution is -2.24. The van der Waals surface area contributed by atoms with Gasteiger partial charge in [0.1, 0.15) is 17.3 Å². The zero-order chi connectivity index (χ0) is 34.5. The number of pyridine rings is 1. The molecule has 0 amide bonds. The molecular weight excluding hydrogens is 613 g/mol. The zero-order valence-corrected chi connectivity index (χ0v) is 29.3. The highest BCUT2D eigenvalue weighted by molar-refractivity contribution is 6.09. The molecule has 1 aliphatic rings. The first kappa shape index (κ1) is 31.5. The van der Waals surface area contributed by atoms with E-state index < -0.39 is 0 Å². The number of para-hydroxylation sites is 1. The molecule has 248 valence electrons. The number of benzene rings is 5. The van der Waals surface area contributed by atoms with Gasteiger partial charge in [0.05, 0.1) is 17.7 Å². The average Bonchev–Trinajstić information content (AvgIpc) is 3.76. The summed E-state index contributed by atoms with van der Waals surface area (Å²) < 4.78 is 8.83. The van der Waals surface area contributed by atoms with E-state index in [9.17, 15) is 0 Å². The second-order valence-electron chi connectivity index (χ2n) is 14.7. The van der Waals surface area contributed by atoms with Crippen LogP contribution in [0.2, 0.25) is 0 Å². The molecule has 2 aromatic heterocycles. The number of nitrogens with zero attached hydrogens (tertiary/aromatic N) is 4. The van der Waals surface area contributed by atoms with Crippen LogP contribution in [0.25, 0.3) is 27.6 Å². The van der Waals surface area contributed by atoms with Gasteiger partial charge in [-0.25, -0.2) is 4.98 Å². The minimum atomic E-state index is -0.185. The summed E-state index contributed by atoms with van der Waals surface area (Å²) in [6.45, 7) is 12.0. The van der Waals surface area contributed by atoms with Gasteiger partial charge in [0.15, 0.2) is 0 Å². The molecule has 1 aliphatic heterocycles. The molecule has 0 atom stereocenters. The van der Waals surface area contributed by atoms with Gasteiger partial charge in [-0.1, -0.05) is 101 Å². The summed E-state index contributed by atoms with van der Waals surface area (Å²) in [4.78, 5) is 9.41. The predicted molar refractivity (Wildman–Crippen MR) is 208 cm³/mol. The molecule has 0 N–H and O–H groups in total. The normalized spacial score (nSPS) is 13.5. The largest absolute Gasteiger partial charge is 0.457 e. The highest BCUT2D eigenvalue weighted by atomic mass is 16.5. The Morgan fingerprint density at radius 1 is 0.540 bits per heavy atom. The maximum Gasteiger partial charge on any atom is 0.137 e. The van der Waals surface area contributed by atoms with E-state index in [1.54, 1.807) is 0 Å². The third kappa shape index (κ3) is 5.79. The number of anilines is 2. The van der Waals surface area contributed by atoms with E-state index in [-0.39, 0.29) is 10.8 Å². The minimum absolute atomic E-state index is 0.134. The Labute approximate surface area is 294 Å². The molecule has 0 fully saturated rings. The van der Waals surface area contributed by atoms with Crippen molar-refractivity contribution in [3.05, 3.63) is 169 Å². The van der Waals surface area contributed by atoms with Gasteiger partial charge in [0.2, 0.25) is 0 Å². The fourth-order valence-electron chi connectivity index (χ4n) is 6.98. The van der Waals surface area contributed by atoms with E-state index in [0.29, 0.717) is 0 Å². The summed E-state index contributed by atoms with van der Waals surface area (Å²) in [5.41, 5.74) is 8.18. The first-order valence-corrected chi connectivity index (χ1v) is 17.3. The molecule has 0 unspecified atom stereocenters. The van der Waals surface area contributed by atoms with Crippen molar-refractivity contribution in [3.63, 3.8) is 0 Å². The zero-order valence-electron chi connectivity index (χ0n) is 29.3. The molecule has 0 saturated heterocycles. The van der Waals surface area contributed by atoms with Crippen molar-refractivity contribution >= 4 is 33.2 Å². The molecular formula is C45H42N4O. The lowest BCUT2D eigenvalue weighted by molar-refractivity contribution is 0.483. The fourth-order valence-corrected chi connectivity index (χ4v) is 6.98. The van der Waals surface area contributed by atoms with E-state index in [0.717, 1.165) is 46.1 Å². The van der Waals surface area contributed by atoms with Crippen molar-refractivity contribution in [2.75, 3.05) is 16.5 Å². The lowest BCUT2D eigenvalue weighted by atomic mass is 9.78. The average molecular weight is 655 g/mol. The van der Waals surface area contributed by atoms with Gasteiger partial charge in [0.25, 0.3) is 0 Å². The molecule has 5 heteroatoms. The van der Waals surface area contributed by atoms with Gasteiger partial charge in [-0.05, 0) is 76.7 Å². The lowest BCUT2D eigenvalue weighted by Gasteiger charge is -2.26. The Bertz CT molecular complexity index is 2350. The number of hydrogen-bond acceptors (Lipinski definition) is 4. The predicted octanol–water partition coefficient (Wildman–Crippen LogP) is 11.3. The third-order valence-electron chi connectivity index (χ3n) is 10.0. The van der Waals surface area contributed by atoms with Gasteiger partial charge in [-0.15, -0.1) is 0 Å². The van der Waals surface area contributed by atoms with Crippen molar-refractivity contribution in [1.82, 2.24) is 9.55 Å². The van der Waals surface area contributed by atoms with E-state index in [1.165, 1.54) is 27.8 Å². The Morgan fingerprint density at radius 3 is 2.02 bits per heavy atom. The van der Waals surface area contributed by atoms with Crippen LogP contribution >= 0.6 is 0 Å². The van der Waals surface area contributed by atoms with Crippen LogP contribution in [0, 0.1) is 0 Å². The van der Waals surface area contributed by atoms with Crippen LogP contribution in [0.3, 0.4) is 0 Å². The molecule has 5 aromatic carbocycles. The molecule has 0 bridgehead atoms. The van der Waals surface area contributed by atoms with E-state index in [2.05, 4.69) is 189 Å². The Hall–Kier alpha value is -5.81. The van der Waals surface area contributed by atoms with Crippen molar-refractivity contribution in [3.8, 4) is 17.3 Å². The van der Waals surface area contributed by atoms with Gasteiger partial charge in [-0.3, -0.25) is 4.57 Å². The quantitative estimate of drug-likeness (QED) is 0.171. The molecule has 0 radical (unpaired) electrons. The Balaban J connectivity index is 1.09. The standard InChI is InChI=1S/C45H42N4O/c1-44(2,3)32-18-20-35(21-19-32)47-26-27-48(31-47)36-14-11-15-37(29-36)50-38-22-23-40-39-16-9-10-17-41(39)49(42(40)30-38)43-28-34(24-25-46-43)45(4,5)33-12-7-6-8-13-33/h6-30H,31H2,1-5H3. The van der Waals surface area contributed by atoms with E-state index >= 15 is 0 Å². The van der Waals surface area contributed by atoms with E-state index in [1.807, 2.05) is 12.3 Å². The topological polar surface area (TPSA) is 33.5 Å². The van der Waals surface area contributed by atoms with Gasteiger partial charge >= 0.3 is 0 Å². The van der Waals surface area contributed by atoms with Crippen molar-refractivity contribution in [1.29, 1.82) is 0 Å². The molecule has 7 aromatic rings. The first-order valence-electron chi connectivity index (χ1n) is 17.3. The van der Waals surface area contributed by atoms with Crippen LogP contribution in [-0.4, -0.2) is 16.2 Å². The molecule has 0 spiro atoms. The summed E-state index contributed by atoms with van der Waals surface area (Å²) in [5, 5.41) is 2.35. The monoisotopic (exact) mass is 654 g/mol.